The highest BCUT2D eigenvalue weighted by molar-refractivity contribution is 9.08. The lowest BCUT2D eigenvalue weighted by Crippen LogP contribution is -1.92. The van der Waals surface area contributed by atoms with Gasteiger partial charge in [-0.15, -0.1) is 0 Å². The van der Waals surface area contributed by atoms with Crippen molar-refractivity contribution in [3.63, 3.8) is 0 Å². The molecule has 2 heteroatoms. The molecule has 3 rings (SSSR count). The number of pyridine rings is 1. The average Bonchev–Trinajstić information content (AvgIpc) is 2.56. The van der Waals surface area contributed by atoms with Crippen molar-refractivity contribution in [3.05, 3.63) is 78.5 Å². The van der Waals surface area contributed by atoms with Gasteiger partial charge in [-0.3, -0.25) is 4.98 Å². The number of hydrogen-bond acceptors (Lipinski definition) is 1. The van der Waals surface area contributed by atoms with Gasteiger partial charge in [0.1, 0.15) is 0 Å². The predicted octanol–water partition coefficient (Wildman–Crippen LogP) is 5.31. The van der Waals surface area contributed by atoms with Gasteiger partial charge in [0, 0.05) is 22.7 Å². The Morgan fingerprint density at radius 3 is 1.95 bits per heavy atom. The van der Waals surface area contributed by atoms with Crippen molar-refractivity contribution in [1.82, 2.24) is 4.98 Å². The van der Waals surface area contributed by atoms with E-state index in [1.165, 1.54) is 11.1 Å². The lowest BCUT2D eigenvalue weighted by atomic mass is 10.0. The van der Waals surface area contributed by atoms with Gasteiger partial charge >= 0.3 is 0 Å². The first-order chi connectivity index (χ1) is 9.88. The molecule has 0 aliphatic rings. The third-order valence-electron chi connectivity index (χ3n) is 3.26. The van der Waals surface area contributed by atoms with Gasteiger partial charge in [-0.2, -0.15) is 0 Å². The van der Waals surface area contributed by atoms with E-state index in [2.05, 4.69) is 51.2 Å². The van der Waals surface area contributed by atoms with Crippen molar-refractivity contribution in [2.45, 2.75) is 5.33 Å². The summed E-state index contributed by atoms with van der Waals surface area (Å²) in [5.41, 5.74) is 5.75. The molecule has 98 valence electrons. The van der Waals surface area contributed by atoms with E-state index in [-0.39, 0.29) is 0 Å². The lowest BCUT2D eigenvalue weighted by molar-refractivity contribution is 1.26. The van der Waals surface area contributed by atoms with Crippen molar-refractivity contribution in [1.29, 1.82) is 0 Å². The van der Waals surface area contributed by atoms with E-state index in [0.29, 0.717) is 0 Å². The molecule has 0 N–H and O–H groups in total. The molecule has 0 spiro atoms. The van der Waals surface area contributed by atoms with Gasteiger partial charge in [-0.05, 0) is 17.2 Å². The molecular formula is C18H14BrN. The third-order valence-corrected chi connectivity index (χ3v) is 3.87. The second kappa shape index (κ2) is 6.02. The molecule has 0 aliphatic heterocycles. The normalized spacial score (nSPS) is 10.4. The lowest BCUT2D eigenvalue weighted by Gasteiger charge is -2.09. The highest BCUT2D eigenvalue weighted by Gasteiger charge is 2.08. The smallest absolute Gasteiger partial charge is 0.0742 e. The molecule has 2 aromatic carbocycles. The minimum Gasteiger partial charge on any atom is -0.255 e. The number of halogens is 1. The zero-order valence-electron chi connectivity index (χ0n) is 11.0. The van der Waals surface area contributed by atoms with Crippen molar-refractivity contribution in [3.8, 4) is 22.4 Å². The van der Waals surface area contributed by atoms with E-state index >= 15 is 0 Å². The first-order valence-corrected chi connectivity index (χ1v) is 7.66. The summed E-state index contributed by atoms with van der Waals surface area (Å²) in [5, 5.41) is 0.797. The summed E-state index contributed by atoms with van der Waals surface area (Å²) in [7, 11) is 0. The molecule has 0 bridgehead atoms. The average molecular weight is 324 g/mol. The van der Waals surface area contributed by atoms with Crippen LogP contribution in [0.25, 0.3) is 22.4 Å². The SMILES string of the molecule is BrCc1cc(-c2ccccc2)cnc1-c1ccccc1. The number of hydrogen-bond donors (Lipinski definition) is 0. The molecule has 0 unspecified atom stereocenters. The van der Waals surface area contributed by atoms with E-state index in [1.54, 1.807) is 0 Å². The second-order valence-corrected chi connectivity index (χ2v) is 5.16. The summed E-state index contributed by atoms with van der Waals surface area (Å²) >= 11 is 3.57. The molecule has 0 atom stereocenters. The molecule has 0 fully saturated rings. The van der Waals surface area contributed by atoms with Crippen LogP contribution in [0, 0.1) is 0 Å². The molecule has 0 saturated heterocycles. The molecule has 1 aromatic heterocycles. The maximum absolute atomic E-state index is 4.67. The van der Waals surface area contributed by atoms with Gasteiger partial charge in [0.05, 0.1) is 5.69 Å². The van der Waals surface area contributed by atoms with Gasteiger partial charge in [-0.25, -0.2) is 0 Å². The van der Waals surface area contributed by atoms with Crippen LogP contribution in [0.4, 0.5) is 0 Å². The molecule has 20 heavy (non-hydrogen) atoms. The summed E-state index contributed by atoms with van der Waals surface area (Å²) in [6, 6.07) is 22.8. The summed E-state index contributed by atoms with van der Waals surface area (Å²) in [4.78, 5) is 4.67. The quantitative estimate of drug-likeness (QED) is 0.595. The number of alkyl halides is 1. The van der Waals surface area contributed by atoms with Crippen molar-refractivity contribution in [2.24, 2.45) is 0 Å². The van der Waals surface area contributed by atoms with Crippen LogP contribution in [-0.2, 0) is 5.33 Å². The Balaban J connectivity index is 2.07. The molecule has 0 aliphatic carbocycles. The highest BCUT2D eigenvalue weighted by Crippen LogP contribution is 2.27. The fourth-order valence-corrected chi connectivity index (χ4v) is 2.68. The molecule has 0 amide bonds. The third kappa shape index (κ3) is 2.66. The summed E-state index contributed by atoms with van der Waals surface area (Å²) in [6.07, 6.45) is 1.95. The van der Waals surface area contributed by atoms with Crippen LogP contribution >= 0.6 is 15.9 Å². The maximum atomic E-state index is 4.67. The number of aromatic nitrogens is 1. The summed E-state index contributed by atoms with van der Waals surface area (Å²) in [6.45, 7) is 0. The van der Waals surface area contributed by atoms with Gasteiger partial charge in [-0.1, -0.05) is 76.6 Å². The van der Waals surface area contributed by atoms with Crippen molar-refractivity contribution >= 4 is 15.9 Å². The first-order valence-electron chi connectivity index (χ1n) is 6.54. The Bertz CT molecular complexity index is 693. The maximum Gasteiger partial charge on any atom is 0.0742 e. The van der Waals surface area contributed by atoms with Crippen LogP contribution in [0.15, 0.2) is 72.9 Å². The molecular weight excluding hydrogens is 310 g/mol. The summed E-state index contributed by atoms with van der Waals surface area (Å²) < 4.78 is 0. The predicted molar refractivity (Wildman–Crippen MR) is 87.7 cm³/mol. The Kier molecular flexibility index (Phi) is 3.93. The Hall–Kier alpha value is -1.93. The van der Waals surface area contributed by atoms with E-state index in [4.69, 9.17) is 0 Å². The monoisotopic (exact) mass is 323 g/mol. The Morgan fingerprint density at radius 2 is 1.35 bits per heavy atom. The highest BCUT2D eigenvalue weighted by atomic mass is 79.9. The molecule has 0 saturated carbocycles. The number of benzene rings is 2. The first kappa shape index (κ1) is 13.1. The molecule has 3 aromatic rings. The van der Waals surface area contributed by atoms with Gasteiger partial charge in [0.25, 0.3) is 0 Å². The van der Waals surface area contributed by atoms with E-state index < -0.39 is 0 Å². The van der Waals surface area contributed by atoms with Crippen LogP contribution in [0.5, 0.6) is 0 Å². The van der Waals surface area contributed by atoms with E-state index in [0.717, 1.165) is 22.2 Å². The topological polar surface area (TPSA) is 12.9 Å². The Morgan fingerprint density at radius 1 is 0.750 bits per heavy atom. The zero-order valence-corrected chi connectivity index (χ0v) is 12.5. The van der Waals surface area contributed by atoms with Crippen molar-refractivity contribution < 1.29 is 0 Å². The number of nitrogens with zero attached hydrogens (tertiary/aromatic N) is 1. The van der Waals surface area contributed by atoms with E-state index in [1.807, 2.05) is 42.6 Å². The summed E-state index contributed by atoms with van der Waals surface area (Å²) in [5.74, 6) is 0. The van der Waals surface area contributed by atoms with Crippen molar-refractivity contribution in [2.75, 3.05) is 0 Å². The molecule has 1 heterocycles. The fourth-order valence-electron chi connectivity index (χ4n) is 2.26. The minimum absolute atomic E-state index is 0.797. The zero-order chi connectivity index (χ0) is 13.8. The standard InChI is InChI=1S/C18H14BrN/c19-12-16-11-17(14-7-3-1-4-8-14)13-20-18(16)15-9-5-2-6-10-15/h1-11,13H,12H2. The number of rotatable bonds is 3. The van der Waals surface area contributed by atoms with Crippen LogP contribution in [0.1, 0.15) is 5.56 Å². The van der Waals surface area contributed by atoms with Crippen LogP contribution < -0.4 is 0 Å². The Labute approximate surface area is 127 Å². The fraction of sp³-hybridized carbons (Fsp3) is 0.0556. The molecule has 0 radical (unpaired) electrons. The van der Waals surface area contributed by atoms with Crippen LogP contribution in [-0.4, -0.2) is 4.98 Å². The van der Waals surface area contributed by atoms with Crippen LogP contribution in [0.2, 0.25) is 0 Å². The minimum atomic E-state index is 0.797. The van der Waals surface area contributed by atoms with Gasteiger partial charge < -0.3 is 0 Å². The van der Waals surface area contributed by atoms with Crippen LogP contribution in [0.3, 0.4) is 0 Å². The van der Waals surface area contributed by atoms with Gasteiger partial charge in [0.15, 0.2) is 0 Å². The molecule has 1 nitrogen and oxygen atoms in total. The van der Waals surface area contributed by atoms with Gasteiger partial charge in [0.2, 0.25) is 0 Å². The second-order valence-electron chi connectivity index (χ2n) is 4.60. The largest absolute Gasteiger partial charge is 0.255 e. The van der Waals surface area contributed by atoms with E-state index in [9.17, 15) is 0 Å².